The summed E-state index contributed by atoms with van der Waals surface area (Å²) in [5, 5.41) is 12.1. The third-order valence-electron chi connectivity index (χ3n) is 1.91. The molecule has 6 nitrogen and oxygen atoms in total. The molecule has 0 atom stereocenters. The van der Waals surface area contributed by atoms with Crippen molar-refractivity contribution in [3.63, 3.8) is 0 Å². The minimum atomic E-state index is -0.410. The number of rotatable bonds is 1. The number of benzene rings is 1. The van der Waals surface area contributed by atoms with Crippen LogP contribution in [0.15, 0.2) is 18.2 Å². The lowest BCUT2D eigenvalue weighted by Gasteiger charge is -2.08. The van der Waals surface area contributed by atoms with Crippen LogP contribution in [0.3, 0.4) is 0 Å². The van der Waals surface area contributed by atoms with E-state index in [2.05, 4.69) is 11.0 Å². The summed E-state index contributed by atoms with van der Waals surface area (Å²) in [5.41, 5.74) is 7.39. The van der Waals surface area contributed by atoms with Gasteiger partial charge in [0, 0.05) is 19.2 Å². The van der Waals surface area contributed by atoms with Gasteiger partial charge in [0.2, 0.25) is 0 Å². The number of nitro groups is 1. The number of anilines is 2. The molecule has 1 aromatic rings. The second kappa shape index (κ2) is 2.60. The molecule has 0 unspecified atom stereocenters. The summed E-state index contributed by atoms with van der Waals surface area (Å²) in [6.07, 6.45) is 0. The van der Waals surface area contributed by atoms with E-state index in [1.807, 2.05) is 0 Å². The van der Waals surface area contributed by atoms with Gasteiger partial charge in [-0.25, -0.2) is 0 Å². The van der Waals surface area contributed by atoms with Crippen molar-refractivity contribution >= 4 is 17.1 Å². The Kier molecular flexibility index (Phi) is 1.56. The Hall–Kier alpha value is -1.82. The van der Waals surface area contributed by atoms with Gasteiger partial charge in [-0.15, -0.1) is 5.53 Å². The SMILES string of the molecule is CN1NNc2ccc([N+](=O)[O-])cc21. The lowest BCUT2D eigenvalue weighted by molar-refractivity contribution is -0.384. The Morgan fingerprint density at radius 2 is 2.31 bits per heavy atom. The maximum absolute atomic E-state index is 10.5. The van der Waals surface area contributed by atoms with Gasteiger partial charge in [-0.3, -0.25) is 15.1 Å². The summed E-state index contributed by atoms with van der Waals surface area (Å²) in [7, 11) is 1.78. The molecule has 1 aliphatic heterocycles. The second-order valence-electron chi connectivity index (χ2n) is 2.75. The lowest BCUT2D eigenvalue weighted by atomic mass is 10.2. The number of nitrogens with one attached hydrogen (secondary N) is 2. The summed E-state index contributed by atoms with van der Waals surface area (Å²) in [4.78, 5) is 10.0. The van der Waals surface area contributed by atoms with Crippen molar-refractivity contribution in [1.82, 2.24) is 5.53 Å². The smallest absolute Gasteiger partial charge is 0.271 e. The predicted octanol–water partition coefficient (Wildman–Crippen LogP) is 0.876. The van der Waals surface area contributed by atoms with Crippen LogP contribution in [0.5, 0.6) is 0 Å². The van der Waals surface area contributed by atoms with Crippen LogP contribution in [0.2, 0.25) is 0 Å². The molecule has 0 bridgehead atoms. The zero-order chi connectivity index (χ0) is 9.42. The van der Waals surface area contributed by atoms with Crippen molar-refractivity contribution in [2.75, 3.05) is 17.5 Å². The molecule has 2 N–H and O–H groups in total. The zero-order valence-corrected chi connectivity index (χ0v) is 6.94. The molecule has 13 heavy (non-hydrogen) atoms. The highest BCUT2D eigenvalue weighted by Gasteiger charge is 2.18. The summed E-state index contributed by atoms with van der Waals surface area (Å²) in [5.74, 6) is 0. The lowest BCUT2D eigenvalue weighted by Crippen LogP contribution is -2.31. The molecule has 1 aliphatic rings. The Morgan fingerprint density at radius 1 is 1.54 bits per heavy atom. The van der Waals surface area contributed by atoms with E-state index in [1.54, 1.807) is 18.1 Å². The minimum absolute atomic E-state index is 0.0936. The van der Waals surface area contributed by atoms with E-state index in [4.69, 9.17) is 0 Å². The largest absolute Gasteiger partial charge is 0.302 e. The first-order valence-electron chi connectivity index (χ1n) is 3.72. The number of hydrogen-bond acceptors (Lipinski definition) is 5. The molecule has 0 aromatic heterocycles. The predicted molar refractivity (Wildman–Crippen MR) is 48.3 cm³/mol. The average molecular weight is 180 g/mol. The molecule has 0 saturated heterocycles. The van der Waals surface area contributed by atoms with E-state index in [-0.39, 0.29) is 5.69 Å². The summed E-state index contributed by atoms with van der Waals surface area (Å²) in [6.45, 7) is 0. The Labute approximate surface area is 74.2 Å². The van der Waals surface area contributed by atoms with Crippen molar-refractivity contribution in [1.29, 1.82) is 0 Å². The summed E-state index contributed by atoms with van der Waals surface area (Å²) >= 11 is 0. The van der Waals surface area contributed by atoms with E-state index >= 15 is 0 Å². The first kappa shape index (κ1) is 7.81. The molecule has 2 rings (SSSR count). The molecule has 0 saturated carbocycles. The van der Waals surface area contributed by atoms with Crippen molar-refractivity contribution in [3.05, 3.63) is 28.3 Å². The highest BCUT2D eigenvalue weighted by molar-refractivity contribution is 5.75. The average Bonchev–Trinajstić information content (AvgIpc) is 2.47. The monoisotopic (exact) mass is 180 g/mol. The normalized spacial score (nSPS) is 13.8. The van der Waals surface area contributed by atoms with E-state index in [9.17, 15) is 10.1 Å². The number of nitro benzene ring substituents is 1. The van der Waals surface area contributed by atoms with Gasteiger partial charge in [-0.2, -0.15) is 0 Å². The second-order valence-corrected chi connectivity index (χ2v) is 2.75. The van der Waals surface area contributed by atoms with Crippen molar-refractivity contribution in [2.45, 2.75) is 0 Å². The van der Waals surface area contributed by atoms with Gasteiger partial charge < -0.3 is 5.43 Å². The Balaban J connectivity index is 2.47. The van der Waals surface area contributed by atoms with E-state index in [1.165, 1.54) is 12.1 Å². The third kappa shape index (κ3) is 1.17. The Morgan fingerprint density at radius 3 is 3.00 bits per heavy atom. The molecular weight excluding hydrogens is 172 g/mol. The van der Waals surface area contributed by atoms with E-state index < -0.39 is 4.92 Å². The Bertz CT molecular complexity index is 366. The summed E-state index contributed by atoms with van der Waals surface area (Å²) < 4.78 is 0. The van der Waals surface area contributed by atoms with Gasteiger partial charge >= 0.3 is 0 Å². The maximum Gasteiger partial charge on any atom is 0.271 e. The van der Waals surface area contributed by atoms with E-state index in [0.29, 0.717) is 0 Å². The summed E-state index contributed by atoms with van der Waals surface area (Å²) in [6, 6.07) is 4.65. The standard InChI is InChI=1S/C7H8N4O2/c1-10-7-4-5(11(12)13)2-3-6(7)8-9-10/h2-4,8-9H,1H3. The van der Waals surface area contributed by atoms with Crippen LogP contribution >= 0.6 is 0 Å². The van der Waals surface area contributed by atoms with E-state index in [0.717, 1.165) is 11.4 Å². The van der Waals surface area contributed by atoms with Crippen molar-refractivity contribution < 1.29 is 4.92 Å². The van der Waals surface area contributed by atoms with Gasteiger partial charge in [0.15, 0.2) is 0 Å². The fourth-order valence-electron chi connectivity index (χ4n) is 1.22. The fraction of sp³-hybridized carbons (Fsp3) is 0.143. The van der Waals surface area contributed by atoms with Gasteiger partial charge in [-0.05, 0) is 6.07 Å². The number of non-ortho nitro benzene ring substituents is 1. The molecule has 1 heterocycles. The molecule has 68 valence electrons. The maximum atomic E-state index is 10.5. The highest BCUT2D eigenvalue weighted by Crippen LogP contribution is 2.31. The zero-order valence-electron chi connectivity index (χ0n) is 6.94. The van der Waals surface area contributed by atoms with Crippen molar-refractivity contribution in [2.24, 2.45) is 0 Å². The van der Waals surface area contributed by atoms with Gasteiger partial charge in [0.25, 0.3) is 5.69 Å². The topological polar surface area (TPSA) is 70.4 Å². The van der Waals surface area contributed by atoms with Crippen LogP contribution in [-0.4, -0.2) is 12.0 Å². The first-order chi connectivity index (χ1) is 6.18. The first-order valence-corrected chi connectivity index (χ1v) is 3.72. The molecule has 0 aliphatic carbocycles. The molecule has 0 amide bonds. The molecule has 1 aromatic carbocycles. The molecule has 0 radical (unpaired) electrons. The van der Waals surface area contributed by atoms with Gasteiger partial charge in [0.1, 0.15) is 0 Å². The number of hydrogen-bond donors (Lipinski definition) is 2. The fourth-order valence-corrected chi connectivity index (χ4v) is 1.22. The van der Waals surface area contributed by atoms with Crippen molar-refractivity contribution in [3.8, 4) is 0 Å². The number of hydrazine groups is 2. The van der Waals surface area contributed by atoms with Crippen LogP contribution < -0.4 is 16.0 Å². The van der Waals surface area contributed by atoms with Crippen LogP contribution in [0.1, 0.15) is 0 Å². The van der Waals surface area contributed by atoms with Gasteiger partial charge in [0.05, 0.1) is 16.3 Å². The third-order valence-corrected chi connectivity index (χ3v) is 1.91. The number of fused-ring (bicyclic) bond motifs is 1. The van der Waals surface area contributed by atoms with Crippen LogP contribution in [0, 0.1) is 10.1 Å². The molecular formula is C7H8N4O2. The van der Waals surface area contributed by atoms with Crippen LogP contribution in [0.4, 0.5) is 17.1 Å². The highest BCUT2D eigenvalue weighted by atomic mass is 16.6. The molecule has 6 heteroatoms. The molecule has 0 fully saturated rings. The van der Waals surface area contributed by atoms with Crippen LogP contribution in [-0.2, 0) is 0 Å². The van der Waals surface area contributed by atoms with Crippen LogP contribution in [0.25, 0.3) is 0 Å². The quantitative estimate of drug-likeness (QED) is 0.495. The van der Waals surface area contributed by atoms with Gasteiger partial charge in [-0.1, -0.05) is 0 Å². The molecule has 0 spiro atoms. The minimum Gasteiger partial charge on any atom is -0.302 e. The number of nitrogens with zero attached hydrogens (tertiary/aromatic N) is 2.